The van der Waals surface area contributed by atoms with Gasteiger partial charge in [-0.2, -0.15) is 0 Å². The molecule has 2 nitrogen and oxygen atoms in total. The molecule has 1 fully saturated rings. The van der Waals surface area contributed by atoms with Crippen LogP contribution in [0.15, 0.2) is 0 Å². The first-order chi connectivity index (χ1) is 6.49. The quantitative estimate of drug-likeness (QED) is 0.752. The van der Waals surface area contributed by atoms with E-state index in [4.69, 9.17) is 5.73 Å². The number of nitrogens with zero attached hydrogens (tertiary/aromatic N) is 1. The van der Waals surface area contributed by atoms with Crippen molar-refractivity contribution in [3.63, 3.8) is 0 Å². The van der Waals surface area contributed by atoms with E-state index in [1.165, 1.54) is 19.3 Å². The molecular formula is C12H26N2. The summed E-state index contributed by atoms with van der Waals surface area (Å²) in [5, 5.41) is 0. The molecule has 84 valence electrons. The van der Waals surface area contributed by atoms with Gasteiger partial charge in [0.25, 0.3) is 0 Å². The molecule has 0 aromatic carbocycles. The molecule has 1 rings (SSSR count). The molecule has 0 amide bonds. The SMILES string of the molecule is CC(N)CN(C)C1CC(C)CC(C)C1. The third kappa shape index (κ3) is 3.58. The third-order valence-electron chi connectivity index (χ3n) is 3.35. The average Bonchev–Trinajstić information content (AvgIpc) is 2.00. The molecule has 0 bridgehead atoms. The molecule has 3 unspecified atom stereocenters. The molecule has 0 heterocycles. The Morgan fingerprint density at radius 2 is 1.71 bits per heavy atom. The minimum Gasteiger partial charge on any atom is -0.327 e. The summed E-state index contributed by atoms with van der Waals surface area (Å²) in [7, 11) is 2.22. The first kappa shape index (κ1) is 12.0. The van der Waals surface area contributed by atoms with Gasteiger partial charge < -0.3 is 10.6 Å². The van der Waals surface area contributed by atoms with Crippen LogP contribution in [0.3, 0.4) is 0 Å². The van der Waals surface area contributed by atoms with Gasteiger partial charge in [-0.15, -0.1) is 0 Å². The Labute approximate surface area is 88.8 Å². The predicted molar refractivity (Wildman–Crippen MR) is 62.2 cm³/mol. The largest absolute Gasteiger partial charge is 0.327 e. The van der Waals surface area contributed by atoms with Crippen molar-refractivity contribution in [3.8, 4) is 0 Å². The summed E-state index contributed by atoms with van der Waals surface area (Å²) in [4.78, 5) is 2.46. The van der Waals surface area contributed by atoms with Crippen molar-refractivity contribution in [1.29, 1.82) is 0 Å². The molecule has 2 heteroatoms. The third-order valence-corrected chi connectivity index (χ3v) is 3.35. The zero-order chi connectivity index (χ0) is 10.7. The van der Waals surface area contributed by atoms with Gasteiger partial charge in [-0.05, 0) is 45.1 Å². The van der Waals surface area contributed by atoms with Crippen LogP contribution in [-0.2, 0) is 0 Å². The van der Waals surface area contributed by atoms with Gasteiger partial charge in [0.2, 0.25) is 0 Å². The maximum absolute atomic E-state index is 5.83. The molecule has 0 saturated heterocycles. The second-order valence-corrected chi connectivity index (χ2v) is 5.49. The summed E-state index contributed by atoms with van der Waals surface area (Å²) in [5.74, 6) is 1.78. The minimum absolute atomic E-state index is 0.299. The maximum Gasteiger partial charge on any atom is 0.0139 e. The fourth-order valence-corrected chi connectivity index (χ4v) is 2.87. The van der Waals surface area contributed by atoms with Gasteiger partial charge in [-0.25, -0.2) is 0 Å². The van der Waals surface area contributed by atoms with Crippen LogP contribution in [-0.4, -0.2) is 30.6 Å². The monoisotopic (exact) mass is 198 g/mol. The van der Waals surface area contributed by atoms with Crippen LogP contribution in [0.4, 0.5) is 0 Å². The fraction of sp³-hybridized carbons (Fsp3) is 1.00. The van der Waals surface area contributed by atoms with Crippen molar-refractivity contribution in [2.75, 3.05) is 13.6 Å². The summed E-state index contributed by atoms with van der Waals surface area (Å²) in [6, 6.07) is 1.06. The van der Waals surface area contributed by atoms with Crippen molar-refractivity contribution in [3.05, 3.63) is 0 Å². The highest BCUT2D eigenvalue weighted by Crippen LogP contribution is 2.30. The molecule has 1 saturated carbocycles. The molecule has 0 aromatic heterocycles. The highest BCUT2D eigenvalue weighted by atomic mass is 15.1. The Hall–Kier alpha value is -0.0800. The van der Waals surface area contributed by atoms with Crippen LogP contribution in [0.25, 0.3) is 0 Å². The molecule has 14 heavy (non-hydrogen) atoms. The highest BCUT2D eigenvalue weighted by molar-refractivity contribution is 4.81. The molecule has 1 aliphatic carbocycles. The van der Waals surface area contributed by atoms with Gasteiger partial charge in [-0.1, -0.05) is 13.8 Å². The molecule has 0 radical (unpaired) electrons. The van der Waals surface area contributed by atoms with Gasteiger partial charge in [0.05, 0.1) is 0 Å². The van der Waals surface area contributed by atoms with Gasteiger partial charge >= 0.3 is 0 Å². The number of likely N-dealkylation sites (N-methyl/N-ethyl adjacent to an activating group) is 1. The van der Waals surface area contributed by atoms with E-state index in [1.807, 2.05) is 0 Å². The van der Waals surface area contributed by atoms with Crippen LogP contribution in [0.1, 0.15) is 40.0 Å². The Morgan fingerprint density at radius 3 is 2.14 bits per heavy atom. The number of hydrogen-bond donors (Lipinski definition) is 1. The zero-order valence-electron chi connectivity index (χ0n) is 10.2. The lowest BCUT2D eigenvalue weighted by Crippen LogP contribution is -2.43. The topological polar surface area (TPSA) is 29.3 Å². The molecule has 0 aromatic rings. The molecule has 0 spiro atoms. The average molecular weight is 198 g/mol. The Morgan fingerprint density at radius 1 is 1.21 bits per heavy atom. The van der Waals surface area contributed by atoms with E-state index in [0.717, 1.165) is 24.4 Å². The lowest BCUT2D eigenvalue weighted by Gasteiger charge is -2.37. The van der Waals surface area contributed by atoms with E-state index in [1.54, 1.807) is 0 Å². The van der Waals surface area contributed by atoms with Crippen molar-refractivity contribution in [2.24, 2.45) is 17.6 Å². The Bertz CT molecular complexity index is 158. The summed E-state index contributed by atoms with van der Waals surface area (Å²) < 4.78 is 0. The molecule has 0 aliphatic heterocycles. The van der Waals surface area contributed by atoms with Crippen LogP contribution >= 0.6 is 0 Å². The first-order valence-electron chi connectivity index (χ1n) is 5.94. The Balaban J connectivity index is 2.42. The summed E-state index contributed by atoms with van der Waals surface area (Å²) in [5.41, 5.74) is 5.83. The van der Waals surface area contributed by atoms with E-state index in [0.29, 0.717) is 6.04 Å². The van der Waals surface area contributed by atoms with Crippen molar-refractivity contribution < 1.29 is 0 Å². The number of hydrogen-bond acceptors (Lipinski definition) is 2. The van der Waals surface area contributed by atoms with E-state index in [9.17, 15) is 0 Å². The smallest absolute Gasteiger partial charge is 0.0139 e. The van der Waals surface area contributed by atoms with Crippen molar-refractivity contribution in [2.45, 2.75) is 52.1 Å². The zero-order valence-corrected chi connectivity index (χ0v) is 10.2. The number of nitrogens with two attached hydrogens (primary N) is 1. The lowest BCUT2D eigenvalue weighted by molar-refractivity contribution is 0.129. The van der Waals surface area contributed by atoms with Gasteiger partial charge in [0.1, 0.15) is 0 Å². The first-order valence-corrected chi connectivity index (χ1v) is 5.94. The van der Waals surface area contributed by atoms with Crippen molar-refractivity contribution in [1.82, 2.24) is 4.90 Å². The minimum atomic E-state index is 0.299. The Kier molecular flexibility index (Phi) is 4.39. The molecule has 2 N–H and O–H groups in total. The van der Waals surface area contributed by atoms with Crippen LogP contribution in [0.5, 0.6) is 0 Å². The normalized spacial score (nSPS) is 36.0. The predicted octanol–water partition coefficient (Wildman–Crippen LogP) is 2.09. The van der Waals surface area contributed by atoms with Crippen molar-refractivity contribution >= 4 is 0 Å². The summed E-state index contributed by atoms with van der Waals surface area (Å²) >= 11 is 0. The summed E-state index contributed by atoms with van der Waals surface area (Å²) in [6.45, 7) is 7.88. The van der Waals surface area contributed by atoms with E-state index in [2.05, 4.69) is 32.7 Å². The lowest BCUT2D eigenvalue weighted by atomic mass is 9.80. The van der Waals surface area contributed by atoms with Crippen LogP contribution < -0.4 is 5.73 Å². The van der Waals surface area contributed by atoms with Gasteiger partial charge in [0, 0.05) is 18.6 Å². The summed E-state index contributed by atoms with van der Waals surface area (Å²) in [6.07, 6.45) is 4.11. The van der Waals surface area contributed by atoms with Gasteiger partial charge in [0.15, 0.2) is 0 Å². The van der Waals surface area contributed by atoms with E-state index < -0.39 is 0 Å². The van der Waals surface area contributed by atoms with Crippen LogP contribution in [0, 0.1) is 11.8 Å². The van der Waals surface area contributed by atoms with Gasteiger partial charge in [-0.3, -0.25) is 0 Å². The van der Waals surface area contributed by atoms with E-state index in [-0.39, 0.29) is 0 Å². The maximum atomic E-state index is 5.83. The fourth-order valence-electron chi connectivity index (χ4n) is 2.87. The van der Waals surface area contributed by atoms with Crippen LogP contribution in [0.2, 0.25) is 0 Å². The highest BCUT2D eigenvalue weighted by Gasteiger charge is 2.26. The molecular weight excluding hydrogens is 172 g/mol. The standard InChI is InChI=1S/C12H26N2/c1-9-5-10(2)7-12(6-9)14(4)8-11(3)13/h9-12H,5-8,13H2,1-4H3. The molecule has 1 aliphatic rings. The van der Waals surface area contributed by atoms with E-state index >= 15 is 0 Å². The second-order valence-electron chi connectivity index (χ2n) is 5.49. The second kappa shape index (κ2) is 5.13. The molecule has 3 atom stereocenters. The number of rotatable bonds is 3.